The van der Waals surface area contributed by atoms with Crippen molar-refractivity contribution in [3.63, 3.8) is 0 Å². The second-order valence-electron chi connectivity index (χ2n) is 5.93. The molecule has 3 rings (SSSR count). The summed E-state index contributed by atoms with van der Waals surface area (Å²) < 4.78 is 0. The lowest BCUT2D eigenvalue weighted by Crippen LogP contribution is -2.19. The van der Waals surface area contributed by atoms with Crippen LogP contribution in [0.2, 0.25) is 0 Å². The number of amides is 1. The van der Waals surface area contributed by atoms with Crippen molar-refractivity contribution < 1.29 is 9.72 Å². The topological polar surface area (TPSA) is 108 Å². The van der Waals surface area contributed by atoms with Crippen molar-refractivity contribution in [2.24, 2.45) is 0 Å². The molecule has 0 aromatic heterocycles. The lowest BCUT2D eigenvalue weighted by molar-refractivity contribution is -0.384. The normalized spacial score (nSPS) is 14.0. The number of nitrogens with zero attached hydrogens (tertiary/aromatic N) is 2. The Morgan fingerprint density at radius 3 is 2.80 bits per heavy atom. The number of hydrogen-bond donors (Lipinski definition) is 2. The molecular formula is C18H16N4O3. The van der Waals surface area contributed by atoms with Crippen LogP contribution in [-0.4, -0.2) is 10.8 Å². The van der Waals surface area contributed by atoms with E-state index in [-0.39, 0.29) is 23.2 Å². The van der Waals surface area contributed by atoms with Gasteiger partial charge in [0.1, 0.15) is 6.07 Å². The summed E-state index contributed by atoms with van der Waals surface area (Å²) in [5.41, 5.74) is 3.59. The molecule has 7 heteroatoms. The predicted octanol–water partition coefficient (Wildman–Crippen LogP) is 3.52. The van der Waals surface area contributed by atoms with Crippen molar-refractivity contribution in [3.8, 4) is 6.07 Å². The highest BCUT2D eigenvalue weighted by Gasteiger charge is 2.17. The number of carbonyl (C=O) groups is 1. The molecule has 0 fully saturated rings. The lowest BCUT2D eigenvalue weighted by atomic mass is 9.97. The Hall–Kier alpha value is -3.40. The van der Waals surface area contributed by atoms with E-state index < -0.39 is 4.92 Å². The van der Waals surface area contributed by atoms with Gasteiger partial charge in [-0.05, 0) is 36.6 Å². The molecule has 0 saturated carbocycles. The third-order valence-electron chi connectivity index (χ3n) is 4.23. The van der Waals surface area contributed by atoms with Gasteiger partial charge >= 0.3 is 0 Å². The number of anilines is 2. The number of carbonyl (C=O) groups excluding carboxylic acids is 1. The lowest BCUT2D eigenvalue weighted by Gasteiger charge is -2.21. The van der Waals surface area contributed by atoms with E-state index in [1.54, 1.807) is 6.07 Å². The van der Waals surface area contributed by atoms with Crippen molar-refractivity contribution in [1.29, 1.82) is 5.26 Å². The fraction of sp³-hybridized carbons (Fsp3) is 0.222. The number of rotatable bonds is 4. The Balaban J connectivity index is 1.83. The van der Waals surface area contributed by atoms with Crippen LogP contribution >= 0.6 is 0 Å². The molecule has 2 aromatic rings. The molecule has 1 unspecified atom stereocenters. The van der Waals surface area contributed by atoms with Gasteiger partial charge in [-0.25, -0.2) is 0 Å². The van der Waals surface area contributed by atoms with Crippen LogP contribution in [0, 0.1) is 21.4 Å². The summed E-state index contributed by atoms with van der Waals surface area (Å²) in [6.45, 7) is 1.95. The second kappa shape index (κ2) is 6.61. The number of nitro benzene ring substituents is 1. The maximum Gasteiger partial charge on any atom is 0.270 e. The molecule has 2 N–H and O–H groups in total. The van der Waals surface area contributed by atoms with Gasteiger partial charge in [0.05, 0.1) is 16.2 Å². The van der Waals surface area contributed by atoms with Gasteiger partial charge in [0, 0.05) is 30.3 Å². The zero-order valence-corrected chi connectivity index (χ0v) is 13.6. The van der Waals surface area contributed by atoms with Crippen LogP contribution < -0.4 is 10.6 Å². The number of non-ortho nitro benzene ring substituents is 1. The van der Waals surface area contributed by atoms with E-state index >= 15 is 0 Å². The standard InChI is InChI=1S/C18H16N4O3/c1-11(12-2-5-16-13(8-12)3-7-18(23)21-16)20-17-6-4-15(22(24)25)9-14(17)10-19/h2,4-6,8-9,11,20H,3,7H2,1H3,(H,21,23). The average molecular weight is 336 g/mol. The van der Waals surface area contributed by atoms with Gasteiger partial charge in [0.2, 0.25) is 5.91 Å². The van der Waals surface area contributed by atoms with E-state index in [1.165, 1.54) is 12.1 Å². The van der Waals surface area contributed by atoms with Crippen LogP contribution in [-0.2, 0) is 11.2 Å². The Morgan fingerprint density at radius 2 is 2.08 bits per heavy atom. The molecule has 0 saturated heterocycles. The number of nitro groups is 1. The Labute approximate surface area is 144 Å². The number of nitriles is 1. The maximum atomic E-state index is 11.4. The first kappa shape index (κ1) is 16.5. The van der Waals surface area contributed by atoms with Crippen molar-refractivity contribution in [1.82, 2.24) is 0 Å². The predicted molar refractivity (Wildman–Crippen MR) is 93.2 cm³/mol. The molecule has 7 nitrogen and oxygen atoms in total. The third-order valence-corrected chi connectivity index (χ3v) is 4.23. The molecule has 1 amide bonds. The smallest absolute Gasteiger partial charge is 0.270 e. The summed E-state index contributed by atoms with van der Waals surface area (Å²) in [5, 5.41) is 26.1. The van der Waals surface area contributed by atoms with Crippen LogP contribution in [0.25, 0.3) is 0 Å². The molecule has 0 bridgehead atoms. The average Bonchev–Trinajstić information content (AvgIpc) is 2.61. The Kier molecular flexibility index (Phi) is 4.35. The highest BCUT2D eigenvalue weighted by atomic mass is 16.6. The molecule has 0 radical (unpaired) electrons. The van der Waals surface area contributed by atoms with E-state index in [9.17, 15) is 20.2 Å². The van der Waals surface area contributed by atoms with Crippen molar-refractivity contribution in [2.75, 3.05) is 10.6 Å². The minimum absolute atomic E-state index is 0.0240. The summed E-state index contributed by atoms with van der Waals surface area (Å²) in [4.78, 5) is 21.7. The monoisotopic (exact) mass is 336 g/mol. The Morgan fingerprint density at radius 1 is 1.28 bits per heavy atom. The van der Waals surface area contributed by atoms with E-state index in [4.69, 9.17) is 0 Å². The van der Waals surface area contributed by atoms with Crippen LogP contribution in [0.1, 0.15) is 36.1 Å². The number of hydrogen-bond acceptors (Lipinski definition) is 5. The highest BCUT2D eigenvalue weighted by Crippen LogP contribution is 2.29. The number of fused-ring (bicyclic) bond motifs is 1. The van der Waals surface area contributed by atoms with E-state index in [0.29, 0.717) is 18.5 Å². The highest BCUT2D eigenvalue weighted by molar-refractivity contribution is 5.93. The Bertz CT molecular complexity index is 902. The van der Waals surface area contributed by atoms with Crippen molar-refractivity contribution >= 4 is 23.0 Å². The van der Waals surface area contributed by atoms with Crippen LogP contribution in [0.5, 0.6) is 0 Å². The molecule has 1 aliphatic rings. The maximum absolute atomic E-state index is 11.4. The summed E-state index contributed by atoms with van der Waals surface area (Å²) in [6, 6.07) is 11.9. The molecule has 126 valence electrons. The van der Waals surface area contributed by atoms with Crippen LogP contribution in [0.4, 0.5) is 17.1 Å². The SMILES string of the molecule is CC(Nc1ccc([N+](=O)[O-])cc1C#N)c1ccc2c(c1)CCC(=O)N2. The molecule has 25 heavy (non-hydrogen) atoms. The van der Waals surface area contributed by atoms with E-state index in [1.807, 2.05) is 31.2 Å². The zero-order valence-electron chi connectivity index (χ0n) is 13.6. The minimum atomic E-state index is -0.522. The quantitative estimate of drug-likeness (QED) is 0.656. The van der Waals surface area contributed by atoms with Crippen molar-refractivity contribution in [2.45, 2.75) is 25.8 Å². The van der Waals surface area contributed by atoms with Gasteiger partial charge in [-0.15, -0.1) is 0 Å². The molecule has 1 aliphatic heterocycles. The first-order valence-electron chi connectivity index (χ1n) is 7.85. The van der Waals surface area contributed by atoms with Gasteiger partial charge in [0.15, 0.2) is 0 Å². The second-order valence-corrected chi connectivity index (χ2v) is 5.93. The summed E-state index contributed by atoms with van der Waals surface area (Å²) in [7, 11) is 0. The largest absolute Gasteiger partial charge is 0.377 e. The zero-order chi connectivity index (χ0) is 18.0. The van der Waals surface area contributed by atoms with Gasteiger partial charge in [-0.1, -0.05) is 12.1 Å². The first-order valence-corrected chi connectivity index (χ1v) is 7.85. The van der Waals surface area contributed by atoms with Gasteiger partial charge in [0.25, 0.3) is 5.69 Å². The van der Waals surface area contributed by atoms with Crippen molar-refractivity contribution in [3.05, 3.63) is 63.2 Å². The summed E-state index contributed by atoms with van der Waals surface area (Å²) in [6.07, 6.45) is 1.17. The number of aryl methyl sites for hydroxylation is 1. The molecular weight excluding hydrogens is 320 g/mol. The molecule has 0 aliphatic carbocycles. The van der Waals surface area contributed by atoms with Gasteiger partial charge in [-0.2, -0.15) is 5.26 Å². The molecule has 1 heterocycles. The summed E-state index contributed by atoms with van der Waals surface area (Å²) >= 11 is 0. The molecule has 0 spiro atoms. The first-order chi connectivity index (χ1) is 12.0. The van der Waals surface area contributed by atoms with E-state index in [2.05, 4.69) is 10.6 Å². The summed E-state index contributed by atoms with van der Waals surface area (Å²) in [5.74, 6) is 0.0240. The minimum Gasteiger partial charge on any atom is -0.377 e. The number of benzene rings is 2. The van der Waals surface area contributed by atoms with Crippen LogP contribution in [0.3, 0.4) is 0 Å². The molecule has 1 atom stereocenters. The molecule has 2 aromatic carbocycles. The van der Waals surface area contributed by atoms with Gasteiger partial charge in [-0.3, -0.25) is 14.9 Å². The fourth-order valence-electron chi connectivity index (χ4n) is 2.85. The number of nitrogens with one attached hydrogen (secondary N) is 2. The van der Waals surface area contributed by atoms with Crippen LogP contribution in [0.15, 0.2) is 36.4 Å². The third kappa shape index (κ3) is 3.43. The fourth-order valence-corrected chi connectivity index (χ4v) is 2.85. The van der Waals surface area contributed by atoms with Gasteiger partial charge < -0.3 is 10.6 Å². The van der Waals surface area contributed by atoms with E-state index in [0.717, 1.165) is 16.8 Å².